The summed E-state index contributed by atoms with van der Waals surface area (Å²) in [5.41, 5.74) is 3.95. The number of carbonyl (C=O) groups is 1. The average Bonchev–Trinajstić information content (AvgIpc) is 3.03. The Kier molecular flexibility index (Phi) is 5.08. The number of rotatable bonds is 4. The number of amides is 1. The van der Waals surface area contributed by atoms with E-state index in [9.17, 15) is 4.79 Å². The molecule has 0 atom stereocenters. The first kappa shape index (κ1) is 16.4. The molecule has 0 bridgehead atoms. The lowest BCUT2D eigenvalue weighted by atomic mass is 10.1. The summed E-state index contributed by atoms with van der Waals surface area (Å²) in [7, 11) is 0. The lowest BCUT2D eigenvalue weighted by molar-refractivity contribution is -0.111. The van der Waals surface area contributed by atoms with Crippen LogP contribution in [0.1, 0.15) is 11.1 Å². The lowest BCUT2D eigenvalue weighted by Gasteiger charge is -1.98. The maximum absolute atomic E-state index is 12.0. The Morgan fingerprint density at radius 2 is 1.83 bits per heavy atom. The third-order valence-electron chi connectivity index (χ3n) is 3.38. The van der Waals surface area contributed by atoms with Crippen LogP contribution >= 0.6 is 22.9 Å². The normalized spacial score (nSPS) is 10.9. The molecule has 0 aliphatic rings. The predicted octanol–water partition coefficient (Wildman–Crippen LogP) is 5.42. The Morgan fingerprint density at radius 1 is 1.12 bits per heavy atom. The molecule has 3 rings (SSSR count). The van der Waals surface area contributed by atoms with Crippen molar-refractivity contribution in [3.8, 4) is 11.3 Å². The zero-order valence-electron chi connectivity index (χ0n) is 13.0. The molecule has 2 aromatic carbocycles. The number of nitrogens with one attached hydrogen (secondary N) is 1. The van der Waals surface area contributed by atoms with E-state index in [2.05, 4.69) is 10.3 Å². The number of hydrogen-bond acceptors (Lipinski definition) is 3. The minimum absolute atomic E-state index is 0.201. The highest BCUT2D eigenvalue weighted by molar-refractivity contribution is 7.14. The van der Waals surface area contributed by atoms with Crippen molar-refractivity contribution in [3.05, 3.63) is 76.1 Å². The predicted molar refractivity (Wildman–Crippen MR) is 101 cm³/mol. The molecule has 0 fully saturated rings. The van der Waals surface area contributed by atoms with Gasteiger partial charge in [0.25, 0.3) is 0 Å². The van der Waals surface area contributed by atoms with Crippen LogP contribution in [-0.4, -0.2) is 10.9 Å². The minimum atomic E-state index is -0.201. The van der Waals surface area contributed by atoms with Gasteiger partial charge in [-0.05, 0) is 30.7 Å². The molecule has 0 radical (unpaired) electrons. The van der Waals surface area contributed by atoms with E-state index in [0.29, 0.717) is 10.2 Å². The molecule has 120 valence electrons. The second kappa shape index (κ2) is 7.43. The van der Waals surface area contributed by atoms with Gasteiger partial charge >= 0.3 is 0 Å². The fourth-order valence-electron chi connectivity index (χ4n) is 2.08. The van der Waals surface area contributed by atoms with Crippen LogP contribution in [0, 0.1) is 6.92 Å². The van der Waals surface area contributed by atoms with Crippen LogP contribution in [0.5, 0.6) is 0 Å². The first-order valence-corrected chi connectivity index (χ1v) is 8.63. The standard InChI is InChI=1S/C19H15ClN2OS/c1-13-2-4-14(5-3-13)6-11-18(23)22-19-21-17(12-24-19)15-7-9-16(20)10-8-15/h2-12H,1H3,(H,21,22,23)/b11-6+. The molecule has 0 saturated carbocycles. The van der Waals surface area contributed by atoms with Crippen LogP contribution in [0.15, 0.2) is 60.0 Å². The Bertz CT molecular complexity index is 867. The van der Waals surface area contributed by atoms with Gasteiger partial charge in [-0.3, -0.25) is 10.1 Å². The van der Waals surface area contributed by atoms with Crippen LogP contribution in [0.25, 0.3) is 17.3 Å². The Hall–Kier alpha value is -2.43. The summed E-state index contributed by atoms with van der Waals surface area (Å²) in [5.74, 6) is -0.201. The topological polar surface area (TPSA) is 42.0 Å². The maximum atomic E-state index is 12.0. The van der Waals surface area contributed by atoms with Gasteiger partial charge in [0.15, 0.2) is 5.13 Å². The molecule has 1 N–H and O–H groups in total. The van der Waals surface area contributed by atoms with Gasteiger partial charge in [-0.1, -0.05) is 53.6 Å². The zero-order valence-corrected chi connectivity index (χ0v) is 14.6. The molecule has 1 aromatic heterocycles. The molecule has 0 saturated heterocycles. The highest BCUT2D eigenvalue weighted by Gasteiger charge is 2.06. The van der Waals surface area contributed by atoms with Gasteiger partial charge in [0.05, 0.1) is 5.69 Å². The monoisotopic (exact) mass is 354 g/mol. The number of aryl methyl sites for hydroxylation is 1. The summed E-state index contributed by atoms with van der Waals surface area (Å²) in [5, 5.41) is 5.94. The van der Waals surface area contributed by atoms with Gasteiger partial charge in [-0.2, -0.15) is 0 Å². The summed E-state index contributed by atoms with van der Waals surface area (Å²) in [6.07, 6.45) is 3.29. The molecular weight excluding hydrogens is 340 g/mol. The first-order valence-electron chi connectivity index (χ1n) is 7.37. The van der Waals surface area contributed by atoms with Crippen molar-refractivity contribution in [1.29, 1.82) is 0 Å². The minimum Gasteiger partial charge on any atom is -0.298 e. The highest BCUT2D eigenvalue weighted by atomic mass is 35.5. The van der Waals surface area contributed by atoms with Crippen LogP contribution in [0.4, 0.5) is 5.13 Å². The lowest BCUT2D eigenvalue weighted by Crippen LogP contribution is -2.07. The van der Waals surface area contributed by atoms with Crippen molar-refractivity contribution >= 4 is 40.1 Å². The van der Waals surface area contributed by atoms with Crippen molar-refractivity contribution in [2.24, 2.45) is 0 Å². The van der Waals surface area contributed by atoms with Crippen LogP contribution < -0.4 is 5.32 Å². The van der Waals surface area contributed by atoms with E-state index < -0.39 is 0 Å². The molecule has 3 nitrogen and oxygen atoms in total. The second-order valence-corrected chi connectivity index (χ2v) is 6.57. The number of nitrogens with zero attached hydrogens (tertiary/aromatic N) is 1. The van der Waals surface area contributed by atoms with Gasteiger partial charge in [0.1, 0.15) is 0 Å². The number of hydrogen-bond donors (Lipinski definition) is 1. The van der Waals surface area contributed by atoms with Gasteiger partial charge in [0, 0.05) is 22.0 Å². The van der Waals surface area contributed by atoms with E-state index in [1.807, 2.05) is 60.8 Å². The van der Waals surface area contributed by atoms with Crippen LogP contribution in [0.2, 0.25) is 5.02 Å². The summed E-state index contributed by atoms with van der Waals surface area (Å²) in [4.78, 5) is 16.4. The van der Waals surface area contributed by atoms with E-state index in [4.69, 9.17) is 11.6 Å². The van der Waals surface area contributed by atoms with E-state index >= 15 is 0 Å². The van der Waals surface area contributed by atoms with Crippen LogP contribution in [-0.2, 0) is 4.79 Å². The average molecular weight is 355 g/mol. The number of aromatic nitrogens is 1. The molecule has 0 unspecified atom stereocenters. The Balaban J connectivity index is 1.64. The van der Waals surface area contributed by atoms with Crippen molar-refractivity contribution in [3.63, 3.8) is 0 Å². The first-order chi connectivity index (χ1) is 11.6. The summed E-state index contributed by atoms with van der Waals surface area (Å²) in [6.45, 7) is 2.03. The number of benzene rings is 2. The quantitative estimate of drug-likeness (QED) is 0.635. The molecule has 5 heteroatoms. The molecule has 1 heterocycles. The summed E-state index contributed by atoms with van der Waals surface area (Å²) in [6, 6.07) is 15.4. The van der Waals surface area contributed by atoms with Gasteiger partial charge in [-0.25, -0.2) is 4.98 Å². The molecular formula is C19H15ClN2OS. The molecule has 0 aliphatic heterocycles. The van der Waals surface area contributed by atoms with Crippen molar-refractivity contribution in [1.82, 2.24) is 4.98 Å². The third kappa shape index (κ3) is 4.31. The number of carbonyl (C=O) groups excluding carboxylic acids is 1. The summed E-state index contributed by atoms with van der Waals surface area (Å²) < 4.78 is 0. The fraction of sp³-hybridized carbons (Fsp3) is 0.0526. The Labute approximate surface area is 149 Å². The van der Waals surface area contributed by atoms with Crippen molar-refractivity contribution in [2.45, 2.75) is 6.92 Å². The second-order valence-electron chi connectivity index (χ2n) is 5.28. The van der Waals surface area contributed by atoms with Gasteiger partial charge in [-0.15, -0.1) is 11.3 Å². The molecule has 0 aliphatic carbocycles. The molecule has 0 spiro atoms. The van der Waals surface area contributed by atoms with Crippen LogP contribution in [0.3, 0.4) is 0 Å². The fourth-order valence-corrected chi connectivity index (χ4v) is 2.93. The number of halogens is 1. The number of anilines is 1. The van der Waals surface area contributed by atoms with E-state index in [1.54, 1.807) is 6.08 Å². The van der Waals surface area contributed by atoms with E-state index in [0.717, 1.165) is 16.8 Å². The smallest absolute Gasteiger partial charge is 0.250 e. The number of thiazole rings is 1. The van der Waals surface area contributed by atoms with Gasteiger partial charge in [0.2, 0.25) is 5.91 Å². The molecule has 1 amide bonds. The largest absolute Gasteiger partial charge is 0.298 e. The van der Waals surface area contributed by atoms with E-state index in [-0.39, 0.29) is 5.91 Å². The van der Waals surface area contributed by atoms with Crippen molar-refractivity contribution < 1.29 is 4.79 Å². The third-order valence-corrected chi connectivity index (χ3v) is 4.39. The molecule has 3 aromatic rings. The Morgan fingerprint density at radius 3 is 2.54 bits per heavy atom. The maximum Gasteiger partial charge on any atom is 0.250 e. The van der Waals surface area contributed by atoms with Gasteiger partial charge < -0.3 is 0 Å². The van der Waals surface area contributed by atoms with E-state index in [1.165, 1.54) is 23.0 Å². The van der Waals surface area contributed by atoms with Crippen molar-refractivity contribution in [2.75, 3.05) is 5.32 Å². The molecule has 24 heavy (non-hydrogen) atoms. The summed E-state index contributed by atoms with van der Waals surface area (Å²) >= 11 is 7.28. The zero-order chi connectivity index (χ0) is 16.9. The highest BCUT2D eigenvalue weighted by Crippen LogP contribution is 2.25. The SMILES string of the molecule is Cc1ccc(/C=C/C(=O)Nc2nc(-c3ccc(Cl)cc3)cs2)cc1.